The zero-order valence-electron chi connectivity index (χ0n) is 8.86. The second-order valence-corrected chi connectivity index (χ2v) is 4.15. The minimum atomic E-state index is 0.102. The highest BCUT2D eigenvalue weighted by atomic mass is 16.7. The molecule has 1 N–H and O–H groups in total. The van der Waals surface area contributed by atoms with Crippen LogP contribution in [-0.4, -0.2) is 25.2 Å². The average Bonchev–Trinajstić information content (AvgIpc) is 3.01. The third kappa shape index (κ3) is 1.88. The Morgan fingerprint density at radius 3 is 2.94 bits per heavy atom. The number of fused-ring (bicyclic) bond motifs is 1. The molecular formula is C12H13NO3. The van der Waals surface area contributed by atoms with E-state index in [1.807, 2.05) is 0 Å². The molecule has 0 amide bonds. The standard InChI is InChI=1S/C12H13NO3/c14-10(6-13-9-2-3-9)8-1-4-11-12(5-8)16-7-15-11/h1,4-5,9,13H,2-3,6-7H2. The number of ether oxygens (including phenoxy) is 2. The lowest BCUT2D eigenvalue weighted by Gasteiger charge is -2.03. The number of hydrogen-bond acceptors (Lipinski definition) is 4. The van der Waals surface area contributed by atoms with Gasteiger partial charge < -0.3 is 14.8 Å². The van der Waals surface area contributed by atoms with Crippen molar-refractivity contribution >= 4 is 5.78 Å². The van der Waals surface area contributed by atoms with E-state index >= 15 is 0 Å². The van der Waals surface area contributed by atoms with E-state index in [2.05, 4.69) is 5.32 Å². The number of benzene rings is 1. The fourth-order valence-corrected chi connectivity index (χ4v) is 1.70. The third-order valence-electron chi connectivity index (χ3n) is 2.82. The van der Waals surface area contributed by atoms with Crippen LogP contribution in [0.1, 0.15) is 23.2 Å². The summed E-state index contributed by atoms with van der Waals surface area (Å²) in [5, 5.41) is 3.20. The molecule has 1 fully saturated rings. The highest BCUT2D eigenvalue weighted by molar-refractivity contribution is 5.98. The Morgan fingerprint density at radius 1 is 1.31 bits per heavy atom. The molecule has 0 unspecified atom stereocenters. The normalized spacial score (nSPS) is 17.5. The molecule has 1 aromatic rings. The number of carbonyl (C=O) groups excluding carboxylic acids is 1. The summed E-state index contributed by atoms with van der Waals surface area (Å²) in [5.74, 6) is 1.48. The van der Waals surface area contributed by atoms with Crippen molar-refractivity contribution in [2.24, 2.45) is 0 Å². The molecule has 1 aliphatic heterocycles. The van der Waals surface area contributed by atoms with Crippen molar-refractivity contribution in [1.29, 1.82) is 0 Å². The Morgan fingerprint density at radius 2 is 2.12 bits per heavy atom. The van der Waals surface area contributed by atoms with Crippen molar-refractivity contribution in [3.05, 3.63) is 23.8 Å². The van der Waals surface area contributed by atoms with E-state index in [-0.39, 0.29) is 12.6 Å². The quantitative estimate of drug-likeness (QED) is 0.776. The van der Waals surface area contributed by atoms with Crippen LogP contribution in [-0.2, 0) is 0 Å². The van der Waals surface area contributed by atoms with Crippen LogP contribution in [0, 0.1) is 0 Å². The van der Waals surface area contributed by atoms with Gasteiger partial charge in [0.15, 0.2) is 17.3 Å². The van der Waals surface area contributed by atoms with Crippen LogP contribution in [0.4, 0.5) is 0 Å². The molecule has 4 heteroatoms. The Labute approximate surface area is 93.5 Å². The number of rotatable bonds is 4. The van der Waals surface area contributed by atoms with E-state index in [9.17, 15) is 4.79 Å². The van der Waals surface area contributed by atoms with Crippen molar-refractivity contribution in [1.82, 2.24) is 5.32 Å². The molecular weight excluding hydrogens is 206 g/mol. The van der Waals surface area contributed by atoms with Gasteiger partial charge in [-0.2, -0.15) is 0 Å². The predicted octanol–water partition coefficient (Wildman–Crippen LogP) is 1.35. The summed E-state index contributed by atoms with van der Waals surface area (Å²) < 4.78 is 10.4. The maximum absolute atomic E-state index is 11.8. The molecule has 0 saturated heterocycles. The minimum absolute atomic E-state index is 0.102. The van der Waals surface area contributed by atoms with Crippen LogP contribution in [0.15, 0.2) is 18.2 Å². The molecule has 1 aromatic carbocycles. The molecule has 4 nitrogen and oxygen atoms in total. The fraction of sp³-hybridized carbons (Fsp3) is 0.417. The van der Waals surface area contributed by atoms with E-state index in [0.29, 0.717) is 29.6 Å². The average molecular weight is 219 g/mol. The summed E-state index contributed by atoms with van der Waals surface area (Å²) >= 11 is 0. The van der Waals surface area contributed by atoms with Gasteiger partial charge in [-0.25, -0.2) is 0 Å². The Balaban J connectivity index is 1.70. The van der Waals surface area contributed by atoms with Crippen molar-refractivity contribution in [2.75, 3.05) is 13.3 Å². The molecule has 0 spiro atoms. The molecule has 0 radical (unpaired) electrons. The van der Waals surface area contributed by atoms with E-state index in [4.69, 9.17) is 9.47 Å². The number of nitrogens with one attached hydrogen (secondary N) is 1. The van der Waals surface area contributed by atoms with E-state index in [0.717, 1.165) is 0 Å². The lowest BCUT2D eigenvalue weighted by Crippen LogP contribution is -2.24. The Kier molecular flexibility index (Phi) is 2.29. The predicted molar refractivity (Wildman–Crippen MR) is 57.9 cm³/mol. The molecule has 1 aliphatic carbocycles. The SMILES string of the molecule is O=C(CNC1CC1)c1ccc2c(c1)OCO2. The van der Waals surface area contributed by atoms with Gasteiger partial charge in [-0.1, -0.05) is 0 Å². The van der Waals surface area contributed by atoms with Gasteiger partial charge in [0.2, 0.25) is 6.79 Å². The second kappa shape index (κ2) is 3.79. The second-order valence-electron chi connectivity index (χ2n) is 4.15. The van der Waals surface area contributed by atoms with Gasteiger partial charge in [0.25, 0.3) is 0 Å². The van der Waals surface area contributed by atoms with Gasteiger partial charge >= 0.3 is 0 Å². The molecule has 84 valence electrons. The van der Waals surface area contributed by atoms with E-state index < -0.39 is 0 Å². The smallest absolute Gasteiger partial charge is 0.231 e. The van der Waals surface area contributed by atoms with E-state index in [1.54, 1.807) is 18.2 Å². The van der Waals surface area contributed by atoms with Gasteiger partial charge in [0, 0.05) is 11.6 Å². The van der Waals surface area contributed by atoms with Crippen molar-refractivity contribution < 1.29 is 14.3 Å². The van der Waals surface area contributed by atoms with E-state index in [1.165, 1.54) is 12.8 Å². The first-order valence-electron chi connectivity index (χ1n) is 5.49. The monoisotopic (exact) mass is 219 g/mol. The molecule has 0 bridgehead atoms. The Hall–Kier alpha value is -1.55. The summed E-state index contributed by atoms with van der Waals surface area (Å²) in [7, 11) is 0. The van der Waals surface area contributed by atoms with Crippen LogP contribution < -0.4 is 14.8 Å². The molecule has 1 saturated carbocycles. The molecule has 16 heavy (non-hydrogen) atoms. The fourth-order valence-electron chi connectivity index (χ4n) is 1.70. The van der Waals surface area contributed by atoms with Gasteiger partial charge in [0.1, 0.15) is 0 Å². The van der Waals surface area contributed by atoms with Crippen LogP contribution in [0.5, 0.6) is 11.5 Å². The van der Waals surface area contributed by atoms with Crippen molar-refractivity contribution in [3.63, 3.8) is 0 Å². The summed E-state index contributed by atoms with van der Waals surface area (Å²) in [5.41, 5.74) is 0.678. The number of hydrogen-bond donors (Lipinski definition) is 1. The van der Waals surface area contributed by atoms with Crippen molar-refractivity contribution in [2.45, 2.75) is 18.9 Å². The molecule has 1 heterocycles. The summed E-state index contributed by atoms with van der Waals surface area (Å²) in [4.78, 5) is 11.8. The Bertz CT molecular complexity index is 426. The van der Waals surface area contributed by atoms with Crippen LogP contribution >= 0.6 is 0 Å². The molecule has 0 atom stereocenters. The van der Waals surface area contributed by atoms with Gasteiger partial charge in [-0.3, -0.25) is 4.79 Å². The zero-order chi connectivity index (χ0) is 11.0. The zero-order valence-corrected chi connectivity index (χ0v) is 8.86. The summed E-state index contributed by atoms with van der Waals surface area (Å²) in [6.45, 7) is 0.650. The highest BCUT2D eigenvalue weighted by Gasteiger charge is 2.22. The molecule has 0 aromatic heterocycles. The lowest BCUT2D eigenvalue weighted by atomic mass is 10.1. The van der Waals surface area contributed by atoms with Crippen molar-refractivity contribution in [3.8, 4) is 11.5 Å². The first kappa shape index (κ1) is 9.66. The van der Waals surface area contributed by atoms with Gasteiger partial charge in [0.05, 0.1) is 6.54 Å². The summed E-state index contributed by atoms with van der Waals surface area (Å²) in [6.07, 6.45) is 2.38. The van der Waals surface area contributed by atoms with Crippen LogP contribution in [0.2, 0.25) is 0 Å². The van der Waals surface area contributed by atoms with Crippen LogP contribution in [0.3, 0.4) is 0 Å². The van der Waals surface area contributed by atoms with Crippen LogP contribution in [0.25, 0.3) is 0 Å². The number of ketones is 1. The van der Waals surface area contributed by atoms with Gasteiger partial charge in [-0.05, 0) is 31.0 Å². The minimum Gasteiger partial charge on any atom is -0.454 e. The van der Waals surface area contributed by atoms with Gasteiger partial charge in [-0.15, -0.1) is 0 Å². The third-order valence-corrected chi connectivity index (χ3v) is 2.82. The first-order valence-corrected chi connectivity index (χ1v) is 5.49. The number of Topliss-reactive ketones (excluding diaryl/α,β-unsaturated/α-hetero) is 1. The molecule has 2 aliphatic rings. The topological polar surface area (TPSA) is 47.6 Å². The maximum Gasteiger partial charge on any atom is 0.231 e. The maximum atomic E-state index is 11.8. The summed E-state index contributed by atoms with van der Waals surface area (Å²) in [6, 6.07) is 5.87. The first-order chi connectivity index (χ1) is 7.83. The lowest BCUT2D eigenvalue weighted by molar-refractivity contribution is 0.0990. The number of carbonyl (C=O) groups is 1. The highest BCUT2D eigenvalue weighted by Crippen LogP contribution is 2.32. The molecule has 3 rings (SSSR count). The largest absolute Gasteiger partial charge is 0.454 e.